The largest absolute Gasteiger partial charge is 0.375 e. The first-order valence-electron chi connectivity index (χ1n) is 7.73. The molecule has 0 radical (unpaired) electrons. The van der Waals surface area contributed by atoms with Crippen molar-refractivity contribution in [3.05, 3.63) is 0 Å². The molecule has 2 fully saturated rings. The normalized spacial score (nSPS) is 33.4. The van der Waals surface area contributed by atoms with Gasteiger partial charge in [0.2, 0.25) is 5.91 Å². The number of carbonyl (C=O) groups excluding carboxylic acids is 1. The first-order valence-corrected chi connectivity index (χ1v) is 7.73. The maximum Gasteiger partial charge on any atom is 0.239 e. The van der Waals surface area contributed by atoms with E-state index in [1.165, 1.54) is 0 Å². The van der Waals surface area contributed by atoms with E-state index in [9.17, 15) is 4.79 Å². The summed E-state index contributed by atoms with van der Waals surface area (Å²) in [4.78, 5) is 14.3. The third-order valence-electron chi connectivity index (χ3n) is 4.62. The summed E-state index contributed by atoms with van der Waals surface area (Å²) in [7, 11) is 0. The predicted octanol–water partition coefficient (Wildman–Crippen LogP) is 1.93. The SMILES string of the molecule is CCC1(C)CC(NC(C)C(=O)N2CCCC2)CCO1. The van der Waals surface area contributed by atoms with Crippen LogP contribution < -0.4 is 5.32 Å². The first kappa shape index (κ1) is 14.8. The smallest absolute Gasteiger partial charge is 0.239 e. The van der Waals surface area contributed by atoms with Crippen LogP contribution >= 0.6 is 0 Å². The average molecular weight is 268 g/mol. The van der Waals surface area contributed by atoms with Crippen molar-refractivity contribution in [2.75, 3.05) is 19.7 Å². The zero-order chi connectivity index (χ0) is 13.9. The van der Waals surface area contributed by atoms with Gasteiger partial charge in [-0.3, -0.25) is 4.79 Å². The molecule has 1 N–H and O–H groups in total. The Morgan fingerprint density at radius 2 is 2.16 bits per heavy atom. The van der Waals surface area contributed by atoms with Gasteiger partial charge in [-0.1, -0.05) is 6.92 Å². The summed E-state index contributed by atoms with van der Waals surface area (Å²) in [6, 6.07) is 0.336. The summed E-state index contributed by atoms with van der Waals surface area (Å²) >= 11 is 0. The van der Waals surface area contributed by atoms with Crippen LogP contribution in [0.15, 0.2) is 0 Å². The van der Waals surface area contributed by atoms with Crippen LogP contribution in [0.25, 0.3) is 0 Å². The van der Waals surface area contributed by atoms with Crippen molar-refractivity contribution in [1.29, 1.82) is 0 Å². The molecule has 2 saturated heterocycles. The molecule has 2 heterocycles. The van der Waals surface area contributed by atoms with Crippen molar-refractivity contribution in [2.45, 2.75) is 70.6 Å². The summed E-state index contributed by atoms with van der Waals surface area (Å²) in [5.74, 6) is 0.266. The van der Waals surface area contributed by atoms with Gasteiger partial charge in [-0.25, -0.2) is 0 Å². The first-order chi connectivity index (χ1) is 9.04. The topological polar surface area (TPSA) is 41.6 Å². The number of likely N-dealkylation sites (tertiary alicyclic amines) is 1. The zero-order valence-electron chi connectivity index (χ0n) is 12.6. The second kappa shape index (κ2) is 6.23. The predicted molar refractivity (Wildman–Crippen MR) is 76.1 cm³/mol. The monoisotopic (exact) mass is 268 g/mol. The molecule has 0 aromatic rings. The van der Waals surface area contributed by atoms with E-state index < -0.39 is 0 Å². The zero-order valence-corrected chi connectivity index (χ0v) is 12.6. The van der Waals surface area contributed by atoms with Gasteiger partial charge in [-0.05, 0) is 46.0 Å². The lowest BCUT2D eigenvalue weighted by atomic mass is 9.89. The highest BCUT2D eigenvalue weighted by Gasteiger charge is 2.33. The summed E-state index contributed by atoms with van der Waals surface area (Å²) < 4.78 is 5.85. The number of ether oxygens (including phenoxy) is 1. The van der Waals surface area contributed by atoms with Crippen molar-refractivity contribution < 1.29 is 9.53 Å². The number of nitrogens with zero attached hydrogens (tertiary/aromatic N) is 1. The van der Waals surface area contributed by atoms with E-state index in [1.807, 2.05) is 11.8 Å². The molecule has 0 aliphatic carbocycles. The second-order valence-corrected chi connectivity index (χ2v) is 6.26. The van der Waals surface area contributed by atoms with E-state index in [-0.39, 0.29) is 17.6 Å². The Morgan fingerprint density at radius 1 is 1.47 bits per heavy atom. The van der Waals surface area contributed by atoms with Gasteiger partial charge in [0, 0.05) is 25.7 Å². The van der Waals surface area contributed by atoms with Crippen molar-refractivity contribution in [3.8, 4) is 0 Å². The van der Waals surface area contributed by atoms with Crippen LogP contribution in [0.5, 0.6) is 0 Å². The van der Waals surface area contributed by atoms with Gasteiger partial charge in [0.15, 0.2) is 0 Å². The van der Waals surface area contributed by atoms with E-state index in [0.29, 0.717) is 6.04 Å². The van der Waals surface area contributed by atoms with Crippen molar-refractivity contribution >= 4 is 5.91 Å². The molecule has 0 spiro atoms. The van der Waals surface area contributed by atoms with E-state index >= 15 is 0 Å². The van der Waals surface area contributed by atoms with Crippen molar-refractivity contribution in [2.24, 2.45) is 0 Å². The van der Waals surface area contributed by atoms with E-state index in [0.717, 1.165) is 51.8 Å². The molecule has 4 nitrogen and oxygen atoms in total. The standard InChI is InChI=1S/C15H28N2O2/c1-4-15(3)11-13(7-10-19-15)16-12(2)14(18)17-8-5-6-9-17/h12-13,16H,4-11H2,1-3H3. The van der Waals surface area contributed by atoms with Gasteiger partial charge in [0.1, 0.15) is 0 Å². The minimum atomic E-state index is -0.0673. The van der Waals surface area contributed by atoms with Crippen LogP contribution in [0.4, 0.5) is 0 Å². The maximum atomic E-state index is 12.3. The Bertz CT molecular complexity index is 315. The molecule has 0 saturated carbocycles. The van der Waals surface area contributed by atoms with Crippen molar-refractivity contribution in [1.82, 2.24) is 10.2 Å². The molecule has 3 unspecified atom stereocenters. The number of hydrogen-bond acceptors (Lipinski definition) is 3. The van der Waals surface area contributed by atoms with Crippen molar-refractivity contribution in [3.63, 3.8) is 0 Å². The fraction of sp³-hybridized carbons (Fsp3) is 0.933. The molecule has 2 rings (SSSR count). The summed E-state index contributed by atoms with van der Waals surface area (Å²) in [6.07, 6.45) is 5.35. The Balaban J connectivity index is 1.84. The minimum Gasteiger partial charge on any atom is -0.375 e. The number of amides is 1. The Labute approximate surface area is 116 Å². The number of hydrogen-bond donors (Lipinski definition) is 1. The molecular weight excluding hydrogens is 240 g/mol. The molecule has 19 heavy (non-hydrogen) atoms. The van der Waals surface area contributed by atoms with Gasteiger partial charge in [0.25, 0.3) is 0 Å². The van der Waals surface area contributed by atoms with Crippen LogP contribution in [-0.4, -0.2) is 48.2 Å². The third kappa shape index (κ3) is 3.69. The molecular formula is C15H28N2O2. The summed E-state index contributed by atoms with van der Waals surface area (Å²) in [5, 5.41) is 3.51. The molecule has 2 aliphatic rings. The minimum absolute atomic E-state index is 0.0215. The molecule has 0 aromatic heterocycles. The molecule has 3 atom stereocenters. The van der Waals surface area contributed by atoms with E-state index in [1.54, 1.807) is 0 Å². The van der Waals surface area contributed by atoms with Crippen LogP contribution in [-0.2, 0) is 9.53 Å². The van der Waals surface area contributed by atoms with Gasteiger partial charge >= 0.3 is 0 Å². The van der Waals surface area contributed by atoms with Gasteiger partial charge < -0.3 is 15.0 Å². The molecule has 4 heteroatoms. The molecule has 1 amide bonds. The molecule has 0 aromatic carbocycles. The summed E-state index contributed by atoms with van der Waals surface area (Å²) in [6.45, 7) is 9.01. The highest BCUT2D eigenvalue weighted by atomic mass is 16.5. The number of nitrogens with one attached hydrogen (secondary N) is 1. The number of carbonyl (C=O) groups is 1. The third-order valence-corrected chi connectivity index (χ3v) is 4.62. The fourth-order valence-electron chi connectivity index (χ4n) is 3.15. The molecule has 0 bridgehead atoms. The fourth-order valence-corrected chi connectivity index (χ4v) is 3.15. The van der Waals surface area contributed by atoms with Gasteiger partial charge in [0.05, 0.1) is 11.6 Å². The highest BCUT2D eigenvalue weighted by Crippen LogP contribution is 2.28. The van der Waals surface area contributed by atoms with Gasteiger partial charge in [-0.15, -0.1) is 0 Å². The van der Waals surface area contributed by atoms with E-state index in [2.05, 4.69) is 19.2 Å². The lowest BCUT2D eigenvalue weighted by molar-refractivity contribution is -0.133. The Kier molecular flexibility index (Phi) is 4.85. The average Bonchev–Trinajstić information content (AvgIpc) is 2.92. The second-order valence-electron chi connectivity index (χ2n) is 6.26. The van der Waals surface area contributed by atoms with Crippen LogP contribution in [0, 0.1) is 0 Å². The lowest BCUT2D eigenvalue weighted by Crippen LogP contribution is -2.52. The van der Waals surface area contributed by atoms with Crippen LogP contribution in [0.2, 0.25) is 0 Å². The van der Waals surface area contributed by atoms with Gasteiger partial charge in [-0.2, -0.15) is 0 Å². The maximum absolute atomic E-state index is 12.3. The Morgan fingerprint density at radius 3 is 2.79 bits per heavy atom. The summed E-state index contributed by atoms with van der Waals surface area (Å²) in [5.41, 5.74) is -0.0215. The van der Waals surface area contributed by atoms with Crippen LogP contribution in [0.1, 0.15) is 52.9 Å². The highest BCUT2D eigenvalue weighted by molar-refractivity contribution is 5.81. The lowest BCUT2D eigenvalue weighted by Gasteiger charge is -2.39. The quantitative estimate of drug-likeness (QED) is 0.847. The molecule has 2 aliphatic heterocycles. The Hall–Kier alpha value is -0.610. The molecule has 110 valence electrons. The van der Waals surface area contributed by atoms with Crippen LogP contribution in [0.3, 0.4) is 0 Å². The van der Waals surface area contributed by atoms with E-state index in [4.69, 9.17) is 4.74 Å². The number of rotatable bonds is 4.